The standard InChI is InChI=1S/C18H32N4O4S2.HI/c1-4-19-17(21-14-18(2,3)22-7-9-26-10-8-22)20-12-15(23)13-28(24,25)16-6-5-11-27-16;/h5-6,11,15,23H,4,7-10,12-14H2,1-3H3,(H2,19,20,21);1H. The van der Waals surface area contributed by atoms with E-state index >= 15 is 0 Å². The van der Waals surface area contributed by atoms with Crippen molar-refractivity contribution in [2.45, 2.75) is 36.6 Å². The van der Waals surface area contributed by atoms with E-state index < -0.39 is 15.9 Å². The van der Waals surface area contributed by atoms with Crippen LogP contribution < -0.4 is 10.6 Å². The Bertz CT molecular complexity index is 720. The number of morpholine rings is 1. The van der Waals surface area contributed by atoms with Crippen molar-refractivity contribution in [3.05, 3.63) is 17.5 Å². The molecule has 8 nitrogen and oxygen atoms in total. The number of nitrogens with zero attached hydrogens (tertiary/aromatic N) is 2. The van der Waals surface area contributed by atoms with Crippen molar-refractivity contribution in [1.82, 2.24) is 15.5 Å². The van der Waals surface area contributed by atoms with Gasteiger partial charge in [0.2, 0.25) is 0 Å². The van der Waals surface area contributed by atoms with E-state index in [4.69, 9.17) is 4.74 Å². The Hall–Kier alpha value is -0.470. The van der Waals surface area contributed by atoms with E-state index in [2.05, 4.69) is 34.4 Å². The molecule has 2 heterocycles. The van der Waals surface area contributed by atoms with E-state index in [1.807, 2.05) is 6.92 Å². The maximum atomic E-state index is 12.3. The van der Waals surface area contributed by atoms with Crippen LogP contribution in [-0.4, -0.2) is 87.7 Å². The molecule has 1 aliphatic heterocycles. The normalized spacial score (nSPS) is 17.4. The highest BCUT2D eigenvalue weighted by molar-refractivity contribution is 14.0. The summed E-state index contributed by atoms with van der Waals surface area (Å²) in [6.07, 6.45) is -1.02. The number of aliphatic hydroxyl groups excluding tert-OH is 1. The smallest absolute Gasteiger partial charge is 0.191 e. The highest BCUT2D eigenvalue weighted by Crippen LogP contribution is 2.18. The Morgan fingerprint density at radius 3 is 2.66 bits per heavy atom. The van der Waals surface area contributed by atoms with Crippen molar-refractivity contribution < 1.29 is 18.3 Å². The van der Waals surface area contributed by atoms with E-state index in [-0.39, 0.29) is 46.0 Å². The lowest BCUT2D eigenvalue weighted by atomic mass is 10.0. The summed E-state index contributed by atoms with van der Waals surface area (Å²) in [5.41, 5.74) is -0.118. The molecule has 1 fully saturated rings. The Labute approximate surface area is 195 Å². The van der Waals surface area contributed by atoms with Crippen molar-refractivity contribution in [1.29, 1.82) is 0 Å². The van der Waals surface area contributed by atoms with Crippen molar-refractivity contribution >= 4 is 51.1 Å². The summed E-state index contributed by atoms with van der Waals surface area (Å²) >= 11 is 1.16. The van der Waals surface area contributed by atoms with E-state index in [1.54, 1.807) is 17.5 Å². The first kappa shape index (κ1) is 26.6. The first-order valence-electron chi connectivity index (χ1n) is 9.54. The van der Waals surface area contributed by atoms with Crippen LogP contribution in [0, 0.1) is 0 Å². The van der Waals surface area contributed by atoms with Gasteiger partial charge in [0.05, 0.1) is 31.6 Å². The van der Waals surface area contributed by atoms with Gasteiger partial charge in [-0.05, 0) is 32.2 Å². The van der Waals surface area contributed by atoms with Gasteiger partial charge in [-0.1, -0.05) is 6.07 Å². The number of hydrogen-bond donors (Lipinski definition) is 3. The van der Waals surface area contributed by atoms with Gasteiger partial charge in [0, 0.05) is 31.7 Å². The molecular formula is C18H33IN4O4S2. The summed E-state index contributed by atoms with van der Waals surface area (Å²) in [5.74, 6) is 0.246. The lowest BCUT2D eigenvalue weighted by molar-refractivity contribution is -0.00684. The predicted molar refractivity (Wildman–Crippen MR) is 128 cm³/mol. The molecule has 3 N–H and O–H groups in total. The van der Waals surface area contributed by atoms with Crippen LogP contribution >= 0.6 is 35.3 Å². The average Bonchev–Trinajstić information content (AvgIpc) is 3.20. The third kappa shape index (κ3) is 8.66. The monoisotopic (exact) mass is 560 g/mol. The van der Waals surface area contributed by atoms with Gasteiger partial charge >= 0.3 is 0 Å². The average molecular weight is 561 g/mol. The molecule has 0 spiro atoms. The van der Waals surface area contributed by atoms with Gasteiger partial charge in [-0.25, -0.2) is 8.42 Å². The topological polar surface area (TPSA) is 103 Å². The van der Waals surface area contributed by atoms with E-state index in [1.165, 1.54) is 0 Å². The van der Waals surface area contributed by atoms with Gasteiger partial charge in [0.1, 0.15) is 4.21 Å². The zero-order valence-electron chi connectivity index (χ0n) is 17.3. The molecule has 1 aromatic rings. The molecule has 1 aliphatic rings. The summed E-state index contributed by atoms with van der Waals surface area (Å²) in [7, 11) is -3.48. The molecule has 0 saturated carbocycles. The molecule has 0 bridgehead atoms. The highest BCUT2D eigenvalue weighted by Gasteiger charge is 2.28. The molecule has 0 aliphatic carbocycles. The number of thiophene rings is 1. The number of nitrogens with one attached hydrogen (secondary N) is 2. The maximum Gasteiger partial charge on any atom is 0.191 e. The lowest BCUT2D eigenvalue weighted by Crippen LogP contribution is -2.52. The number of aliphatic hydroxyl groups is 1. The van der Waals surface area contributed by atoms with Crippen molar-refractivity contribution in [3.63, 3.8) is 0 Å². The molecule has 0 amide bonds. The van der Waals surface area contributed by atoms with Gasteiger partial charge in [-0.2, -0.15) is 0 Å². The molecule has 0 aromatic carbocycles. The van der Waals surface area contributed by atoms with Crippen LogP contribution in [0.4, 0.5) is 0 Å². The van der Waals surface area contributed by atoms with Crippen molar-refractivity contribution in [2.75, 3.05) is 51.7 Å². The summed E-state index contributed by atoms with van der Waals surface area (Å²) in [5, 5.41) is 18.1. The van der Waals surface area contributed by atoms with Gasteiger partial charge in [-0.3, -0.25) is 9.89 Å². The van der Waals surface area contributed by atoms with E-state index in [0.717, 1.165) is 37.6 Å². The van der Waals surface area contributed by atoms with Crippen molar-refractivity contribution in [2.24, 2.45) is 4.99 Å². The molecule has 11 heteroatoms. The molecule has 29 heavy (non-hydrogen) atoms. The molecule has 1 atom stereocenters. The van der Waals surface area contributed by atoms with Crippen LogP contribution in [0.3, 0.4) is 0 Å². The predicted octanol–water partition coefficient (Wildman–Crippen LogP) is 1.17. The third-order valence-corrected chi connectivity index (χ3v) is 7.84. The SMILES string of the molecule is CCNC(=NCC(C)(C)N1CCOCC1)NCC(O)CS(=O)(=O)c1cccs1.I. The fraction of sp³-hybridized carbons (Fsp3) is 0.722. The van der Waals surface area contributed by atoms with E-state index in [0.29, 0.717) is 19.0 Å². The lowest BCUT2D eigenvalue weighted by Gasteiger charge is -2.39. The molecule has 1 unspecified atom stereocenters. The minimum Gasteiger partial charge on any atom is -0.390 e. The van der Waals surface area contributed by atoms with Gasteiger partial charge in [0.25, 0.3) is 0 Å². The second kappa shape index (κ2) is 12.4. The number of sulfone groups is 1. The largest absolute Gasteiger partial charge is 0.390 e. The Morgan fingerprint density at radius 1 is 1.38 bits per heavy atom. The quantitative estimate of drug-likeness (QED) is 0.237. The Balaban J connectivity index is 0.00000420. The molecule has 168 valence electrons. The molecule has 1 saturated heterocycles. The number of aliphatic imine (C=N–C) groups is 1. The number of rotatable bonds is 9. The van der Waals surface area contributed by atoms with Crippen molar-refractivity contribution in [3.8, 4) is 0 Å². The van der Waals surface area contributed by atoms with E-state index in [9.17, 15) is 13.5 Å². The number of guanidine groups is 1. The second-order valence-corrected chi connectivity index (χ2v) is 10.6. The van der Waals surface area contributed by atoms with Gasteiger partial charge in [-0.15, -0.1) is 35.3 Å². The fourth-order valence-corrected chi connectivity index (χ4v) is 5.41. The van der Waals surface area contributed by atoms with Crippen LogP contribution in [0.25, 0.3) is 0 Å². The van der Waals surface area contributed by atoms with Gasteiger partial charge in [0.15, 0.2) is 15.8 Å². The molecule has 0 radical (unpaired) electrons. The Kier molecular flexibility index (Phi) is 11.4. The van der Waals surface area contributed by atoms with Crippen LogP contribution in [0.2, 0.25) is 0 Å². The first-order chi connectivity index (χ1) is 13.2. The first-order valence-corrected chi connectivity index (χ1v) is 12.1. The Morgan fingerprint density at radius 2 is 2.07 bits per heavy atom. The number of hydrogen-bond acceptors (Lipinski definition) is 7. The number of halogens is 1. The minimum absolute atomic E-state index is 0. The maximum absolute atomic E-state index is 12.3. The second-order valence-electron chi connectivity index (χ2n) is 7.36. The van der Waals surface area contributed by atoms with Gasteiger partial charge < -0.3 is 20.5 Å². The minimum atomic E-state index is -3.48. The molecule has 2 rings (SSSR count). The summed E-state index contributed by atoms with van der Waals surface area (Å²) in [4.78, 5) is 6.99. The summed E-state index contributed by atoms with van der Waals surface area (Å²) < 4.78 is 30.2. The molecule has 1 aromatic heterocycles. The fourth-order valence-electron chi connectivity index (χ4n) is 2.93. The zero-order valence-corrected chi connectivity index (χ0v) is 21.2. The van der Waals surface area contributed by atoms with Crippen LogP contribution in [0.5, 0.6) is 0 Å². The number of ether oxygens (including phenoxy) is 1. The summed E-state index contributed by atoms with van der Waals surface area (Å²) in [6, 6.07) is 3.24. The summed E-state index contributed by atoms with van der Waals surface area (Å²) in [6.45, 7) is 10.8. The van der Waals surface area contributed by atoms with Crippen LogP contribution in [0.15, 0.2) is 26.7 Å². The third-order valence-electron chi connectivity index (χ3n) is 4.55. The van der Waals surface area contributed by atoms with Crippen LogP contribution in [-0.2, 0) is 14.6 Å². The highest BCUT2D eigenvalue weighted by atomic mass is 127. The molecular weight excluding hydrogens is 527 g/mol. The van der Waals surface area contributed by atoms with Crippen LogP contribution in [0.1, 0.15) is 20.8 Å². The zero-order chi connectivity index (χ0) is 20.6.